The summed E-state index contributed by atoms with van der Waals surface area (Å²) in [4.78, 5) is -1.44. The third-order valence-electron chi connectivity index (χ3n) is 3.54. The Balaban J connectivity index is 0.00000169. The molecule has 2 N–H and O–H groups in total. The number of hydrogen-bond donors (Lipinski definition) is 2. The molecule has 8 nitrogen and oxygen atoms in total. The zero-order chi connectivity index (χ0) is 17.9. The van der Waals surface area contributed by atoms with Gasteiger partial charge in [-0.1, -0.05) is 6.07 Å². The van der Waals surface area contributed by atoms with E-state index >= 15 is 0 Å². The third-order valence-corrected chi connectivity index (χ3v) is 5.22. The van der Waals surface area contributed by atoms with Crippen molar-refractivity contribution in [2.24, 2.45) is 0 Å². The van der Waals surface area contributed by atoms with Gasteiger partial charge >= 0.3 is 59.1 Å². The molecule has 0 atom stereocenters. The fourth-order valence-electron chi connectivity index (χ4n) is 2.43. The van der Waals surface area contributed by atoms with Gasteiger partial charge in [0.05, 0.1) is 4.90 Å². The molecule has 0 spiro atoms. The summed E-state index contributed by atoms with van der Waals surface area (Å²) in [6.45, 7) is 0. The van der Waals surface area contributed by atoms with Crippen molar-refractivity contribution >= 4 is 41.8 Å². The molecule has 0 aliphatic rings. The molecule has 26 heavy (non-hydrogen) atoms. The van der Waals surface area contributed by atoms with E-state index in [9.17, 15) is 36.2 Å². The Morgan fingerprint density at radius 2 is 1.31 bits per heavy atom. The van der Waals surface area contributed by atoms with Crippen molar-refractivity contribution in [2.45, 2.75) is 9.79 Å². The van der Waals surface area contributed by atoms with Gasteiger partial charge in [-0.2, -0.15) is 0 Å². The summed E-state index contributed by atoms with van der Waals surface area (Å²) < 4.78 is 66.6. The second-order valence-corrected chi connectivity index (χ2v) is 7.79. The van der Waals surface area contributed by atoms with E-state index in [0.29, 0.717) is 11.5 Å². The molecule has 0 unspecified atom stereocenters. The molecule has 12 heteroatoms. The molecule has 0 aliphatic heterocycles. The molecule has 0 aliphatic carbocycles. The van der Waals surface area contributed by atoms with Crippen molar-refractivity contribution < 1.29 is 95.3 Å². The minimum absolute atomic E-state index is 0. The maximum absolute atomic E-state index is 11.1. The summed E-state index contributed by atoms with van der Waals surface area (Å²) in [5.41, 5.74) is 0. The van der Waals surface area contributed by atoms with Crippen LogP contribution in [0, 0.1) is 0 Å². The maximum Gasteiger partial charge on any atom is 1.00 e. The molecule has 0 saturated heterocycles. The van der Waals surface area contributed by atoms with Gasteiger partial charge in [0.1, 0.15) is 36.6 Å². The number of hydrogen-bond acceptors (Lipinski definition) is 8. The Bertz CT molecular complexity index is 1220. The summed E-state index contributed by atoms with van der Waals surface area (Å²) in [5.74, 6) is -1.41. The summed E-state index contributed by atoms with van der Waals surface area (Å²) in [7, 11) is -9.68. The van der Waals surface area contributed by atoms with Gasteiger partial charge in [0.25, 0.3) is 0 Å². The van der Waals surface area contributed by atoms with Crippen LogP contribution in [0.3, 0.4) is 0 Å². The first-order chi connectivity index (χ1) is 11.0. The van der Waals surface area contributed by atoms with Gasteiger partial charge < -0.3 is 19.3 Å². The SMILES string of the molecule is O=S(=O)([O-])c1ccc2cc3c(O)c(S(=O)(=O)[O-])cc(O)c3cc2c1.[Na+].[Na+]. The Morgan fingerprint density at radius 3 is 1.85 bits per heavy atom. The number of aromatic hydroxyl groups is 2. The Kier molecular flexibility index (Phi) is 7.20. The van der Waals surface area contributed by atoms with E-state index in [1.54, 1.807) is 0 Å². The van der Waals surface area contributed by atoms with Crippen LogP contribution in [-0.2, 0) is 20.2 Å². The van der Waals surface area contributed by atoms with Gasteiger partial charge in [-0.3, -0.25) is 0 Å². The first-order valence-electron chi connectivity index (χ1n) is 6.33. The second kappa shape index (κ2) is 7.92. The predicted molar refractivity (Wildman–Crippen MR) is 80.7 cm³/mol. The van der Waals surface area contributed by atoms with Gasteiger partial charge in [-0.05, 0) is 35.0 Å². The average Bonchev–Trinajstić information content (AvgIpc) is 2.46. The minimum Gasteiger partial charge on any atom is -0.744 e. The molecule has 0 amide bonds. The fraction of sp³-hybridized carbons (Fsp3) is 0. The molecular weight excluding hydrogens is 406 g/mol. The number of phenolic OH excluding ortho intramolecular Hbond substituents is 2. The van der Waals surface area contributed by atoms with Crippen molar-refractivity contribution in [2.75, 3.05) is 0 Å². The molecule has 0 fully saturated rings. The minimum atomic E-state index is -5.01. The van der Waals surface area contributed by atoms with Crippen molar-refractivity contribution in [3.8, 4) is 11.5 Å². The zero-order valence-corrected chi connectivity index (χ0v) is 19.3. The van der Waals surface area contributed by atoms with Crippen LogP contribution in [0.2, 0.25) is 0 Å². The van der Waals surface area contributed by atoms with Gasteiger partial charge in [-0.25, -0.2) is 16.8 Å². The molecule has 3 rings (SSSR count). The van der Waals surface area contributed by atoms with Crippen molar-refractivity contribution in [1.82, 2.24) is 0 Å². The van der Waals surface area contributed by atoms with E-state index < -0.39 is 41.5 Å². The van der Waals surface area contributed by atoms with Crippen LogP contribution >= 0.6 is 0 Å². The van der Waals surface area contributed by atoms with Crippen LogP contribution in [-0.4, -0.2) is 36.2 Å². The molecule has 0 saturated carbocycles. The normalized spacial score (nSPS) is 11.8. The molecule has 3 aromatic rings. The van der Waals surface area contributed by atoms with Crippen LogP contribution in [0.15, 0.2) is 46.2 Å². The van der Waals surface area contributed by atoms with E-state index in [-0.39, 0.29) is 75.3 Å². The molecule has 126 valence electrons. The molecular formula is C14H8Na2O8S2. The Labute approximate surface area is 192 Å². The quantitative estimate of drug-likeness (QED) is 0.183. The summed E-state index contributed by atoms with van der Waals surface area (Å²) >= 11 is 0. The maximum atomic E-state index is 11.1. The van der Waals surface area contributed by atoms with Gasteiger partial charge in [0.2, 0.25) is 0 Å². The molecule has 0 bridgehead atoms. The molecule has 0 heterocycles. The molecule has 3 aromatic carbocycles. The van der Waals surface area contributed by atoms with Crippen LogP contribution in [0.25, 0.3) is 21.5 Å². The van der Waals surface area contributed by atoms with Crippen molar-refractivity contribution in [3.63, 3.8) is 0 Å². The monoisotopic (exact) mass is 414 g/mol. The number of rotatable bonds is 2. The Morgan fingerprint density at radius 1 is 0.731 bits per heavy atom. The smallest absolute Gasteiger partial charge is 0.744 e. The fourth-order valence-corrected chi connectivity index (χ4v) is 3.54. The predicted octanol–water partition coefficient (Wildman–Crippen LogP) is -4.78. The largest absolute Gasteiger partial charge is 1.00 e. The average molecular weight is 414 g/mol. The molecule has 0 radical (unpaired) electrons. The van der Waals surface area contributed by atoms with Gasteiger partial charge in [-0.15, -0.1) is 0 Å². The first-order valence-corrected chi connectivity index (χ1v) is 9.14. The van der Waals surface area contributed by atoms with Crippen molar-refractivity contribution in [3.05, 3.63) is 36.4 Å². The zero-order valence-electron chi connectivity index (χ0n) is 13.6. The standard InChI is InChI=1S/C14H10O8S2.2Na/c15-12-6-13(24(20,21)22)14(16)11-4-7-1-2-9(23(17,18)19)3-8(7)5-10(11)12;;/h1-6,15-16H,(H,17,18,19)(H,20,21,22);;/q;2*+1/p-2. The number of phenols is 2. The van der Waals surface area contributed by atoms with E-state index in [4.69, 9.17) is 0 Å². The van der Waals surface area contributed by atoms with Crippen LogP contribution in [0.1, 0.15) is 0 Å². The van der Waals surface area contributed by atoms with Crippen molar-refractivity contribution in [1.29, 1.82) is 0 Å². The summed E-state index contributed by atoms with van der Waals surface area (Å²) in [6, 6.07) is 6.59. The van der Waals surface area contributed by atoms with E-state index in [1.165, 1.54) is 18.2 Å². The van der Waals surface area contributed by atoms with E-state index in [2.05, 4.69) is 0 Å². The molecule has 0 aromatic heterocycles. The Hall–Kier alpha value is -0.400. The van der Waals surface area contributed by atoms with E-state index in [1.807, 2.05) is 0 Å². The summed E-state index contributed by atoms with van der Waals surface area (Å²) in [6.07, 6.45) is 0. The number of benzene rings is 3. The summed E-state index contributed by atoms with van der Waals surface area (Å²) in [5, 5.41) is 20.5. The van der Waals surface area contributed by atoms with Gasteiger partial charge in [0.15, 0.2) is 0 Å². The van der Waals surface area contributed by atoms with Crippen LogP contribution < -0.4 is 59.1 Å². The van der Waals surface area contributed by atoms with Crippen LogP contribution in [0.5, 0.6) is 11.5 Å². The van der Waals surface area contributed by atoms with E-state index in [0.717, 1.165) is 12.1 Å². The third kappa shape index (κ3) is 4.36. The number of fused-ring (bicyclic) bond motifs is 2. The topological polar surface area (TPSA) is 155 Å². The van der Waals surface area contributed by atoms with Crippen LogP contribution in [0.4, 0.5) is 0 Å². The van der Waals surface area contributed by atoms with Gasteiger partial charge in [0, 0.05) is 16.8 Å². The second-order valence-electron chi connectivity index (χ2n) is 5.06. The first kappa shape index (κ1) is 23.6.